The van der Waals surface area contributed by atoms with Crippen LogP contribution in [-0.2, 0) is 6.42 Å². The lowest BCUT2D eigenvalue weighted by Crippen LogP contribution is -2.27. The first-order valence-electron chi connectivity index (χ1n) is 11.4. The molecule has 0 aliphatic heterocycles. The third-order valence-corrected chi connectivity index (χ3v) is 6.13. The maximum atomic E-state index is 13.2. The minimum absolute atomic E-state index is 0. The predicted octanol–water partition coefficient (Wildman–Crippen LogP) is 5.97. The van der Waals surface area contributed by atoms with Crippen LogP contribution in [-0.4, -0.2) is 52.5 Å². The number of carbonyl (C=O) groups excluding carboxylic acids is 1. The molecule has 0 radical (unpaired) electrons. The molecule has 0 unspecified atom stereocenters. The number of carbonyl (C=O) groups is 3. The molecule has 0 spiro atoms. The summed E-state index contributed by atoms with van der Waals surface area (Å²) in [6.07, 6.45) is 5.76. The molecule has 34 heavy (non-hydrogen) atoms. The quantitative estimate of drug-likeness (QED) is 0.312. The van der Waals surface area contributed by atoms with Gasteiger partial charge in [-0.25, -0.2) is 9.59 Å². The molecular formula is C26H33Cl2NO5. The van der Waals surface area contributed by atoms with E-state index in [4.69, 9.17) is 0 Å². The maximum absolute atomic E-state index is 13.2. The van der Waals surface area contributed by atoms with Crippen molar-refractivity contribution in [1.29, 1.82) is 0 Å². The molecule has 2 aromatic rings. The minimum atomic E-state index is -1.10. The van der Waals surface area contributed by atoms with Crippen LogP contribution in [0.1, 0.15) is 88.2 Å². The van der Waals surface area contributed by atoms with Crippen molar-refractivity contribution in [2.45, 2.75) is 52.4 Å². The molecule has 0 aromatic heterocycles. The highest BCUT2D eigenvalue weighted by atomic mass is 35.5. The van der Waals surface area contributed by atoms with Gasteiger partial charge in [0.1, 0.15) is 0 Å². The Labute approximate surface area is 213 Å². The Bertz CT molecular complexity index is 1030. The van der Waals surface area contributed by atoms with Crippen molar-refractivity contribution in [3.8, 4) is 11.1 Å². The van der Waals surface area contributed by atoms with E-state index in [1.54, 1.807) is 18.2 Å². The number of unbranched alkanes of at least 4 members (excludes halogenated alkanes) is 2. The van der Waals surface area contributed by atoms with Crippen molar-refractivity contribution in [2.75, 3.05) is 19.6 Å². The number of carboxylic acid groups (broad SMARTS) is 2. The zero-order valence-electron chi connectivity index (χ0n) is 19.6. The van der Waals surface area contributed by atoms with Crippen molar-refractivity contribution in [1.82, 2.24) is 4.90 Å². The van der Waals surface area contributed by atoms with Crippen LogP contribution in [0.3, 0.4) is 0 Å². The van der Waals surface area contributed by atoms with Gasteiger partial charge in [-0.2, -0.15) is 0 Å². The fraction of sp³-hybridized carbons (Fsp3) is 0.423. The molecule has 6 nitrogen and oxygen atoms in total. The number of carboxylic acids is 2. The number of nitrogens with zero attached hydrogens (tertiary/aromatic N) is 1. The molecular weight excluding hydrogens is 477 g/mol. The minimum Gasteiger partial charge on any atom is -0.478 e. The van der Waals surface area contributed by atoms with E-state index in [1.165, 1.54) is 12.1 Å². The van der Waals surface area contributed by atoms with Gasteiger partial charge in [0.15, 0.2) is 5.78 Å². The molecule has 0 saturated heterocycles. The summed E-state index contributed by atoms with van der Waals surface area (Å²) < 4.78 is 0. The van der Waals surface area contributed by atoms with Crippen LogP contribution < -0.4 is 0 Å². The summed E-state index contributed by atoms with van der Waals surface area (Å²) in [6.45, 7) is 7.25. The van der Waals surface area contributed by atoms with E-state index in [-0.39, 0.29) is 41.7 Å². The maximum Gasteiger partial charge on any atom is 0.335 e. The standard InChI is InChI=1S/C26H31NO5.2ClH/c1-3-5-13-27(14-6-4-2)15-7-8-19-21(26(31)32)12-11-20-18-10-9-17(25(29)30)16-22(18)24(28)23(19)20;;/h9-12,16H,3-8,13-15H2,1-2H3,(H,29,30)(H,31,32);2*1H. The highest BCUT2D eigenvalue weighted by Gasteiger charge is 2.32. The molecule has 3 rings (SSSR count). The van der Waals surface area contributed by atoms with E-state index < -0.39 is 11.9 Å². The molecule has 8 heteroatoms. The number of benzene rings is 2. The molecule has 1 aliphatic carbocycles. The van der Waals surface area contributed by atoms with Crippen LogP contribution in [0.25, 0.3) is 11.1 Å². The van der Waals surface area contributed by atoms with Gasteiger partial charge in [0.05, 0.1) is 11.1 Å². The Kier molecular flexibility index (Phi) is 11.7. The molecule has 186 valence electrons. The number of fused-ring (bicyclic) bond motifs is 3. The second-order valence-electron chi connectivity index (χ2n) is 8.37. The van der Waals surface area contributed by atoms with Crippen LogP contribution in [0.4, 0.5) is 0 Å². The number of rotatable bonds is 12. The summed E-state index contributed by atoms with van der Waals surface area (Å²) in [5.41, 5.74) is 2.85. The second-order valence-corrected chi connectivity index (χ2v) is 8.37. The third kappa shape index (κ3) is 6.38. The van der Waals surface area contributed by atoms with E-state index in [9.17, 15) is 24.6 Å². The Morgan fingerprint density at radius 2 is 1.38 bits per heavy atom. The van der Waals surface area contributed by atoms with E-state index in [0.717, 1.165) is 51.7 Å². The van der Waals surface area contributed by atoms with Gasteiger partial charge < -0.3 is 15.1 Å². The van der Waals surface area contributed by atoms with Gasteiger partial charge in [-0.1, -0.05) is 38.8 Å². The smallest absolute Gasteiger partial charge is 0.335 e. The fourth-order valence-corrected chi connectivity index (χ4v) is 4.40. The van der Waals surface area contributed by atoms with Crippen molar-refractivity contribution in [2.24, 2.45) is 0 Å². The Morgan fingerprint density at radius 3 is 1.94 bits per heavy atom. The molecule has 0 atom stereocenters. The molecule has 2 aromatic carbocycles. The molecule has 0 saturated carbocycles. The molecule has 0 bridgehead atoms. The van der Waals surface area contributed by atoms with Gasteiger partial charge in [-0.3, -0.25) is 4.79 Å². The van der Waals surface area contributed by atoms with Crippen LogP contribution in [0.15, 0.2) is 30.3 Å². The third-order valence-electron chi connectivity index (χ3n) is 6.13. The zero-order valence-corrected chi connectivity index (χ0v) is 21.3. The highest BCUT2D eigenvalue weighted by molar-refractivity contribution is 6.23. The summed E-state index contributed by atoms with van der Waals surface area (Å²) in [6, 6.07) is 7.75. The van der Waals surface area contributed by atoms with Gasteiger partial charge in [0, 0.05) is 11.1 Å². The summed E-state index contributed by atoms with van der Waals surface area (Å²) >= 11 is 0. The first kappa shape index (κ1) is 29.6. The van der Waals surface area contributed by atoms with Crippen LogP contribution in [0, 0.1) is 0 Å². The Hall–Kier alpha value is -2.41. The number of hydrogen-bond acceptors (Lipinski definition) is 4. The van der Waals surface area contributed by atoms with Crippen molar-refractivity contribution in [3.05, 3.63) is 58.1 Å². The molecule has 0 amide bonds. The first-order chi connectivity index (χ1) is 15.4. The fourth-order valence-electron chi connectivity index (χ4n) is 4.40. The summed E-state index contributed by atoms with van der Waals surface area (Å²) in [5, 5.41) is 19.0. The SMILES string of the molecule is CCCCN(CCCC)CCCc1c(C(=O)O)ccc2c1C(=O)c1cc(C(=O)O)ccc1-2.Cl.Cl. The predicted molar refractivity (Wildman–Crippen MR) is 138 cm³/mol. The zero-order chi connectivity index (χ0) is 23.3. The number of hydrogen-bond donors (Lipinski definition) is 2. The first-order valence-corrected chi connectivity index (χ1v) is 11.4. The van der Waals surface area contributed by atoms with Crippen LogP contribution in [0.5, 0.6) is 0 Å². The molecule has 1 aliphatic rings. The van der Waals surface area contributed by atoms with Crippen molar-refractivity contribution < 1.29 is 24.6 Å². The van der Waals surface area contributed by atoms with Gasteiger partial charge in [-0.05, 0) is 80.2 Å². The largest absolute Gasteiger partial charge is 0.478 e. The number of halogens is 2. The van der Waals surface area contributed by atoms with Gasteiger partial charge >= 0.3 is 11.9 Å². The summed E-state index contributed by atoms with van der Waals surface area (Å²) in [4.78, 5) is 38.9. The average Bonchev–Trinajstić information content (AvgIpc) is 3.06. The van der Waals surface area contributed by atoms with Gasteiger partial charge in [0.2, 0.25) is 0 Å². The van der Waals surface area contributed by atoms with Gasteiger partial charge in [0.25, 0.3) is 0 Å². The monoisotopic (exact) mass is 509 g/mol. The van der Waals surface area contributed by atoms with E-state index >= 15 is 0 Å². The number of aromatic carboxylic acids is 2. The van der Waals surface area contributed by atoms with E-state index in [2.05, 4.69) is 18.7 Å². The van der Waals surface area contributed by atoms with Crippen LogP contribution >= 0.6 is 24.8 Å². The van der Waals surface area contributed by atoms with E-state index in [1.807, 2.05) is 0 Å². The lowest BCUT2D eigenvalue weighted by atomic mass is 9.92. The average molecular weight is 510 g/mol. The summed E-state index contributed by atoms with van der Waals surface area (Å²) in [7, 11) is 0. The summed E-state index contributed by atoms with van der Waals surface area (Å²) in [5.74, 6) is -2.43. The lowest BCUT2D eigenvalue weighted by molar-refractivity contribution is 0.0685. The van der Waals surface area contributed by atoms with Gasteiger partial charge in [-0.15, -0.1) is 24.8 Å². The second kappa shape index (κ2) is 13.5. The van der Waals surface area contributed by atoms with Crippen LogP contribution in [0.2, 0.25) is 0 Å². The molecule has 0 fully saturated rings. The lowest BCUT2D eigenvalue weighted by Gasteiger charge is -2.22. The van der Waals surface area contributed by atoms with E-state index in [0.29, 0.717) is 34.2 Å². The molecule has 0 heterocycles. The topological polar surface area (TPSA) is 94.9 Å². The van der Waals surface area contributed by atoms with Crippen molar-refractivity contribution >= 4 is 42.5 Å². The number of ketones is 1. The Morgan fingerprint density at radius 1 is 0.794 bits per heavy atom. The highest BCUT2D eigenvalue weighted by Crippen LogP contribution is 2.40. The molecule has 2 N–H and O–H groups in total. The Balaban J connectivity index is 0.00000289. The normalized spacial score (nSPS) is 11.4. The van der Waals surface area contributed by atoms with Crippen molar-refractivity contribution in [3.63, 3.8) is 0 Å².